The first-order valence-electron chi connectivity index (χ1n) is 6.19. The van der Waals surface area contributed by atoms with Crippen LogP contribution in [0.2, 0.25) is 0 Å². The number of hydrogen-bond donors (Lipinski definition) is 1. The quantitative estimate of drug-likeness (QED) is 0.790. The largest absolute Gasteiger partial charge is 0.481 e. The molecule has 0 fully saturated rings. The molecule has 0 aliphatic carbocycles. The first-order chi connectivity index (χ1) is 8.67. The van der Waals surface area contributed by atoms with Gasteiger partial charge in [0.25, 0.3) is 0 Å². The van der Waals surface area contributed by atoms with E-state index in [0.717, 1.165) is 18.5 Å². The summed E-state index contributed by atoms with van der Waals surface area (Å²) in [6.45, 7) is 7.19. The van der Waals surface area contributed by atoms with E-state index in [1.807, 2.05) is 37.8 Å². The Balaban J connectivity index is 0.00000137. The van der Waals surface area contributed by atoms with Crippen LogP contribution in [0.5, 0.6) is 0 Å². The number of hydrogen-bond acceptors (Lipinski definition) is 3. The van der Waals surface area contributed by atoms with Crippen LogP contribution >= 0.6 is 0 Å². The fourth-order valence-electron chi connectivity index (χ4n) is 1.46. The number of carbonyl (C=O) groups is 2. The van der Waals surface area contributed by atoms with E-state index in [9.17, 15) is 9.59 Å². The minimum absolute atomic E-state index is 0.114. The monoisotopic (exact) mass is 251 g/mol. The lowest BCUT2D eigenvalue weighted by atomic mass is 10.2. The van der Waals surface area contributed by atoms with Crippen molar-refractivity contribution >= 4 is 17.9 Å². The average molecular weight is 251 g/mol. The zero-order chi connectivity index (χ0) is 14.0. The lowest BCUT2D eigenvalue weighted by Crippen LogP contribution is -2.25. The molecule has 0 aliphatic heterocycles. The van der Waals surface area contributed by atoms with Crippen molar-refractivity contribution in [3.05, 3.63) is 29.8 Å². The summed E-state index contributed by atoms with van der Waals surface area (Å²) in [7, 11) is 0. The maximum atomic E-state index is 10.5. The van der Waals surface area contributed by atoms with E-state index >= 15 is 0 Å². The van der Waals surface area contributed by atoms with Gasteiger partial charge in [-0.25, -0.2) is 0 Å². The minimum atomic E-state index is -0.803. The molecule has 0 spiro atoms. The minimum Gasteiger partial charge on any atom is -0.481 e. The highest BCUT2D eigenvalue weighted by Gasteiger charge is 2.06. The van der Waals surface area contributed by atoms with Crippen molar-refractivity contribution in [3.63, 3.8) is 0 Å². The summed E-state index contributed by atoms with van der Waals surface area (Å²) in [5.41, 5.74) is 1.56. The zero-order valence-electron chi connectivity index (χ0n) is 11.2. The third-order valence-corrected chi connectivity index (χ3v) is 2.37. The van der Waals surface area contributed by atoms with E-state index in [0.29, 0.717) is 12.1 Å². The number of aliphatic carboxylic acids is 1. The standard InChI is InChI=1S/C12H15NO3.C2H6/c1-2-13(8-7-12(15)16)11-5-3-10(9-14)4-6-11;1-2/h3-6,9H,2,7-8H2,1H3,(H,15,16);1-2H3. The molecular weight excluding hydrogens is 230 g/mol. The first kappa shape index (κ1) is 16.2. The molecule has 0 bridgehead atoms. The Bertz CT molecular complexity index is 360. The topological polar surface area (TPSA) is 57.6 Å². The van der Waals surface area contributed by atoms with Gasteiger partial charge >= 0.3 is 5.97 Å². The van der Waals surface area contributed by atoms with Gasteiger partial charge in [-0.05, 0) is 31.2 Å². The molecule has 1 rings (SSSR count). The van der Waals surface area contributed by atoms with Gasteiger partial charge in [0.15, 0.2) is 0 Å². The van der Waals surface area contributed by atoms with E-state index in [-0.39, 0.29) is 6.42 Å². The summed E-state index contributed by atoms with van der Waals surface area (Å²) in [6, 6.07) is 7.11. The first-order valence-corrected chi connectivity index (χ1v) is 6.19. The summed E-state index contributed by atoms with van der Waals surface area (Å²) in [4.78, 5) is 22.9. The van der Waals surface area contributed by atoms with E-state index in [2.05, 4.69) is 0 Å². The van der Waals surface area contributed by atoms with Crippen LogP contribution in [0.4, 0.5) is 5.69 Å². The van der Waals surface area contributed by atoms with Crippen LogP contribution in [0, 0.1) is 0 Å². The molecule has 0 aliphatic rings. The number of carboxylic acids is 1. The average Bonchev–Trinajstić information content (AvgIpc) is 2.42. The van der Waals surface area contributed by atoms with Gasteiger partial charge in [-0.2, -0.15) is 0 Å². The van der Waals surface area contributed by atoms with Crippen LogP contribution in [0.15, 0.2) is 24.3 Å². The van der Waals surface area contributed by atoms with Crippen LogP contribution < -0.4 is 4.90 Å². The van der Waals surface area contributed by atoms with Crippen LogP contribution in [-0.4, -0.2) is 30.5 Å². The number of anilines is 1. The summed E-state index contributed by atoms with van der Waals surface area (Å²) < 4.78 is 0. The van der Waals surface area contributed by atoms with Crippen molar-refractivity contribution < 1.29 is 14.7 Å². The number of rotatable bonds is 6. The van der Waals surface area contributed by atoms with Gasteiger partial charge < -0.3 is 10.0 Å². The number of carboxylic acid groups (broad SMARTS) is 1. The molecule has 0 saturated carbocycles. The fraction of sp³-hybridized carbons (Fsp3) is 0.429. The molecule has 0 atom stereocenters. The van der Waals surface area contributed by atoms with E-state index in [4.69, 9.17) is 5.11 Å². The predicted molar refractivity (Wildman–Crippen MR) is 73.3 cm³/mol. The molecule has 0 radical (unpaired) electrons. The Labute approximate surface area is 108 Å². The fourth-order valence-corrected chi connectivity index (χ4v) is 1.46. The number of benzene rings is 1. The lowest BCUT2D eigenvalue weighted by molar-refractivity contribution is -0.136. The van der Waals surface area contributed by atoms with Gasteiger partial charge in [0.1, 0.15) is 6.29 Å². The third kappa shape index (κ3) is 5.48. The Morgan fingerprint density at radius 1 is 1.28 bits per heavy atom. The second kappa shape index (κ2) is 9.22. The zero-order valence-corrected chi connectivity index (χ0v) is 11.2. The number of carbonyl (C=O) groups excluding carboxylic acids is 1. The van der Waals surface area contributed by atoms with E-state index in [1.165, 1.54) is 0 Å². The summed E-state index contributed by atoms with van der Waals surface area (Å²) in [6.07, 6.45) is 0.903. The smallest absolute Gasteiger partial charge is 0.305 e. The van der Waals surface area contributed by atoms with Crippen molar-refractivity contribution in [1.29, 1.82) is 0 Å². The van der Waals surface area contributed by atoms with Crippen LogP contribution in [0.1, 0.15) is 37.6 Å². The molecule has 0 unspecified atom stereocenters. The molecule has 1 aromatic carbocycles. The molecule has 4 heteroatoms. The Kier molecular flexibility index (Phi) is 8.27. The Hall–Kier alpha value is -1.84. The molecule has 0 amide bonds. The Morgan fingerprint density at radius 2 is 1.83 bits per heavy atom. The lowest BCUT2D eigenvalue weighted by Gasteiger charge is -2.22. The van der Waals surface area contributed by atoms with Crippen molar-refractivity contribution in [2.45, 2.75) is 27.2 Å². The van der Waals surface area contributed by atoms with Gasteiger partial charge in [0.2, 0.25) is 0 Å². The van der Waals surface area contributed by atoms with Crippen molar-refractivity contribution in [2.75, 3.05) is 18.0 Å². The normalized spacial score (nSPS) is 9.06. The third-order valence-electron chi connectivity index (χ3n) is 2.37. The summed E-state index contributed by atoms with van der Waals surface area (Å²) >= 11 is 0. The number of nitrogens with zero attached hydrogens (tertiary/aromatic N) is 1. The maximum Gasteiger partial charge on any atom is 0.305 e. The van der Waals surface area contributed by atoms with Gasteiger partial charge in [-0.15, -0.1) is 0 Å². The SMILES string of the molecule is CC.CCN(CCC(=O)O)c1ccc(C=O)cc1. The molecule has 100 valence electrons. The molecular formula is C14H21NO3. The second-order valence-electron chi connectivity index (χ2n) is 3.43. The molecule has 1 aromatic rings. The maximum absolute atomic E-state index is 10.5. The van der Waals surface area contributed by atoms with Crippen LogP contribution in [0.3, 0.4) is 0 Å². The van der Waals surface area contributed by atoms with Crippen LogP contribution in [-0.2, 0) is 4.79 Å². The van der Waals surface area contributed by atoms with Gasteiger partial charge in [-0.1, -0.05) is 13.8 Å². The van der Waals surface area contributed by atoms with Gasteiger partial charge in [-0.3, -0.25) is 9.59 Å². The molecule has 1 N–H and O–H groups in total. The molecule has 4 nitrogen and oxygen atoms in total. The second-order valence-corrected chi connectivity index (χ2v) is 3.43. The van der Waals surface area contributed by atoms with Gasteiger partial charge in [0.05, 0.1) is 6.42 Å². The van der Waals surface area contributed by atoms with Crippen molar-refractivity contribution in [2.24, 2.45) is 0 Å². The molecule has 18 heavy (non-hydrogen) atoms. The highest BCUT2D eigenvalue weighted by atomic mass is 16.4. The van der Waals surface area contributed by atoms with Crippen molar-refractivity contribution in [3.8, 4) is 0 Å². The Morgan fingerprint density at radius 3 is 2.22 bits per heavy atom. The predicted octanol–water partition coefficient (Wildman–Crippen LogP) is 2.83. The van der Waals surface area contributed by atoms with Crippen LogP contribution in [0.25, 0.3) is 0 Å². The van der Waals surface area contributed by atoms with Crippen molar-refractivity contribution in [1.82, 2.24) is 0 Å². The summed E-state index contributed by atoms with van der Waals surface area (Å²) in [5, 5.41) is 8.61. The van der Waals surface area contributed by atoms with E-state index in [1.54, 1.807) is 12.1 Å². The molecule has 0 aromatic heterocycles. The van der Waals surface area contributed by atoms with E-state index < -0.39 is 5.97 Å². The molecule has 0 saturated heterocycles. The molecule has 0 heterocycles. The highest BCUT2D eigenvalue weighted by molar-refractivity contribution is 5.75. The number of aldehydes is 1. The summed E-state index contributed by atoms with van der Waals surface area (Å²) in [5.74, 6) is -0.803. The highest BCUT2D eigenvalue weighted by Crippen LogP contribution is 2.14. The van der Waals surface area contributed by atoms with Gasteiger partial charge in [0, 0.05) is 24.3 Å².